The molecule has 118 valence electrons. The van der Waals surface area contributed by atoms with E-state index >= 15 is 0 Å². The number of rotatable bonds is 7. The minimum absolute atomic E-state index is 0.0516. The van der Waals surface area contributed by atoms with E-state index in [0.29, 0.717) is 0 Å². The van der Waals surface area contributed by atoms with Crippen LogP contribution in [0.2, 0.25) is 0 Å². The number of hydrogen-bond acceptors (Lipinski definition) is 6. The van der Waals surface area contributed by atoms with Crippen LogP contribution in [-0.2, 0) is 14.8 Å². The maximum atomic E-state index is 12.0. The maximum Gasteiger partial charge on any atom is 0.338 e. The number of carbonyl (C=O) groups excluding carboxylic acids is 1. The molecule has 0 aliphatic heterocycles. The number of esters is 1. The van der Waals surface area contributed by atoms with Crippen molar-refractivity contribution in [2.45, 2.75) is 24.3 Å². The van der Waals surface area contributed by atoms with E-state index < -0.39 is 28.2 Å². The van der Waals surface area contributed by atoms with E-state index in [4.69, 9.17) is 9.84 Å². The van der Waals surface area contributed by atoms with Gasteiger partial charge in [0.2, 0.25) is 10.0 Å². The van der Waals surface area contributed by atoms with Crippen LogP contribution in [0, 0.1) is 0 Å². The summed E-state index contributed by atoms with van der Waals surface area (Å²) in [6.45, 7) is 2.31. The molecule has 0 saturated heterocycles. The Morgan fingerprint density at radius 2 is 1.90 bits per heavy atom. The zero-order valence-electron chi connectivity index (χ0n) is 11.9. The van der Waals surface area contributed by atoms with E-state index in [0.717, 1.165) is 0 Å². The first-order valence-electron chi connectivity index (χ1n) is 6.32. The zero-order chi connectivity index (χ0) is 16.1. The minimum atomic E-state index is -3.83. The van der Waals surface area contributed by atoms with Gasteiger partial charge in [-0.1, -0.05) is 0 Å². The normalized spacial score (nSPS) is 14.5. The molecule has 7 nitrogen and oxygen atoms in total. The van der Waals surface area contributed by atoms with Crippen LogP contribution in [0.4, 0.5) is 0 Å². The molecule has 3 N–H and O–H groups in total. The molecule has 1 aromatic carbocycles. The highest BCUT2D eigenvalue weighted by Gasteiger charge is 2.23. The Labute approximate surface area is 123 Å². The van der Waals surface area contributed by atoms with Crippen LogP contribution in [0.5, 0.6) is 0 Å². The largest absolute Gasteiger partial charge is 0.462 e. The van der Waals surface area contributed by atoms with Gasteiger partial charge < -0.3 is 14.9 Å². The van der Waals surface area contributed by atoms with Crippen LogP contribution in [0.25, 0.3) is 0 Å². The number of hydrogen-bond donors (Lipinski definition) is 3. The average molecular weight is 317 g/mol. The third-order valence-electron chi connectivity index (χ3n) is 2.66. The highest BCUT2D eigenvalue weighted by Crippen LogP contribution is 2.12. The van der Waals surface area contributed by atoms with Crippen molar-refractivity contribution in [1.82, 2.24) is 4.72 Å². The zero-order valence-corrected chi connectivity index (χ0v) is 12.7. The van der Waals surface area contributed by atoms with E-state index in [-0.39, 0.29) is 23.6 Å². The lowest BCUT2D eigenvalue weighted by molar-refractivity contribution is 0.00681. The summed E-state index contributed by atoms with van der Waals surface area (Å²) in [5.74, 6) is -0.530. The summed E-state index contributed by atoms with van der Waals surface area (Å²) in [5.41, 5.74) is -1.30. The van der Waals surface area contributed by atoms with E-state index in [2.05, 4.69) is 4.72 Å². The van der Waals surface area contributed by atoms with Crippen LogP contribution >= 0.6 is 0 Å². The fourth-order valence-electron chi connectivity index (χ4n) is 1.37. The molecule has 0 spiro atoms. The van der Waals surface area contributed by atoms with Crippen molar-refractivity contribution in [2.75, 3.05) is 19.8 Å². The lowest BCUT2D eigenvalue weighted by atomic mass is 10.1. The Balaban J connectivity index is 2.83. The van der Waals surface area contributed by atoms with Gasteiger partial charge >= 0.3 is 5.97 Å². The first-order valence-corrected chi connectivity index (χ1v) is 7.80. The summed E-state index contributed by atoms with van der Waals surface area (Å²) in [6.07, 6.45) is 0. The van der Waals surface area contributed by atoms with Crippen molar-refractivity contribution in [3.63, 3.8) is 0 Å². The molecule has 1 atom stereocenters. The number of aliphatic hydroxyl groups is 2. The van der Waals surface area contributed by atoms with Gasteiger partial charge in [0.1, 0.15) is 0 Å². The van der Waals surface area contributed by atoms with Crippen LogP contribution in [0.3, 0.4) is 0 Å². The Kier molecular flexibility index (Phi) is 5.85. The van der Waals surface area contributed by atoms with Gasteiger partial charge in [-0.2, -0.15) is 0 Å². The molecule has 8 heteroatoms. The highest BCUT2D eigenvalue weighted by molar-refractivity contribution is 7.89. The van der Waals surface area contributed by atoms with E-state index in [1.807, 2.05) is 0 Å². The summed E-state index contributed by atoms with van der Waals surface area (Å²) in [7, 11) is -3.83. The molecule has 21 heavy (non-hydrogen) atoms. The summed E-state index contributed by atoms with van der Waals surface area (Å²) in [4.78, 5) is 11.4. The SMILES string of the molecule is CCOC(=O)c1ccc(S(=O)(=O)NCC(C)(O)CO)cc1. The van der Waals surface area contributed by atoms with Crippen molar-refractivity contribution in [1.29, 1.82) is 0 Å². The molecule has 0 aliphatic carbocycles. The molecule has 0 heterocycles. The van der Waals surface area contributed by atoms with Gasteiger partial charge in [-0.3, -0.25) is 0 Å². The number of nitrogens with one attached hydrogen (secondary N) is 1. The van der Waals surface area contributed by atoms with Gasteiger partial charge in [0.15, 0.2) is 0 Å². The minimum Gasteiger partial charge on any atom is -0.462 e. The number of carbonyl (C=O) groups is 1. The van der Waals surface area contributed by atoms with E-state index in [1.165, 1.54) is 31.2 Å². The van der Waals surface area contributed by atoms with Gasteiger partial charge in [0, 0.05) is 6.54 Å². The van der Waals surface area contributed by atoms with Crippen LogP contribution in [0.1, 0.15) is 24.2 Å². The van der Waals surface area contributed by atoms with Crippen LogP contribution < -0.4 is 4.72 Å². The van der Waals surface area contributed by atoms with Crippen molar-refractivity contribution in [3.05, 3.63) is 29.8 Å². The predicted molar refractivity (Wildman–Crippen MR) is 75.3 cm³/mol. The number of aliphatic hydroxyl groups excluding tert-OH is 1. The topological polar surface area (TPSA) is 113 Å². The monoisotopic (exact) mass is 317 g/mol. The lowest BCUT2D eigenvalue weighted by Crippen LogP contribution is -2.43. The lowest BCUT2D eigenvalue weighted by Gasteiger charge is -2.20. The number of sulfonamides is 1. The fourth-order valence-corrected chi connectivity index (χ4v) is 2.54. The Morgan fingerprint density at radius 1 is 1.33 bits per heavy atom. The summed E-state index contributed by atoms with van der Waals surface area (Å²) in [6, 6.07) is 5.22. The maximum absolute atomic E-state index is 12.0. The fraction of sp³-hybridized carbons (Fsp3) is 0.462. The van der Waals surface area contributed by atoms with Gasteiger partial charge in [-0.15, -0.1) is 0 Å². The first kappa shape index (κ1) is 17.6. The van der Waals surface area contributed by atoms with Gasteiger partial charge in [-0.25, -0.2) is 17.9 Å². The van der Waals surface area contributed by atoms with Crippen LogP contribution in [0.15, 0.2) is 29.2 Å². The van der Waals surface area contributed by atoms with Crippen molar-refractivity contribution < 1.29 is 28.2 Å². The van der Waals surface area contributed by atoms with Crippen LogP contribution in [-0.4, -0.2) is 50.0 Å². The molecule has 0 radical (unpaired) electrons. The smallest absolute Gasteiger partial charge is 0.338 e. The molecule has 0 fully saturated rings. The molecule has 0 aromatic heterocycles. The second kappa shape index (κ2) is 6.99. The molecule has 0 aliphatic rings. The molecule has 0 saturated carbocycles. The summed E-state index contributed by atoms with van der Waals surface area (Å²) in [5, 5.41) is 18.4. The second-order valence-electron chi connectivity index (χ2n) is 4.72. The number of benzene rings is 1. The van der Waals surface area contributed by atoms with Gasteiger partial charge in [0.25, 0.3) is 0 Å². The van der Waals surface area contributed by atoms with Crippen molar-refractivity contribution >= 4 is 16.0 Å². The standard InChI is InChI=1S/C13H19NO6S/c1-3-20-12(16)10-4-6-11(7-5-10)21(18,19)14-8-13(2,17)9-15/h4-7,14-15,17H,3,8-9H2,1-2H3. The summed E-state index contributed by atoms with van der Waals surface area (Å²) >= 11 is 0. The average Bonchev–Trinajstić information content (AvgIpc) is 2.46. The molecule has 1 unspecified atom stereocenters. The third kappa shape index (κ3) is 5.09. The Bertz CT molecular complexity index is 579. The van der Waals surface area contributed by atoms with Crippen molar-refractivity contribution in [3.8, 4) is 0 Å². The summed E-state index contributed by atoms with van der Waals surface area (Å²) < 4.78 is 30.9. The highest BCUT2D eigenvalue weighted by atomic mass is 32.2. The third-order valence-corrected chi connectivity index (χ3v) is 4.08. The molecular weight excluding hydrogens is 298 g/mol. The van der Waals surface area contributed by atoms with Crippen molar-refractivity contribution in [2.24, 2.45) is 0 Å². The molecule has 1 aromatic rings. The number of ether oxygens (including phenoxy) is 1. The van der Waals surface area contributed by atoms with E-state index in [1.54, 1.807) is 6.92 Å². The van der Waals surface area contributed by atoms with E-state index in [9.17, 15) is 18.3 Å². The van der Waals surface area contributed by atoms with Gasteiger partial charge in [0.05, 0.1) is 29.3 Å². The molecule has 0 amide bonds. The molecule has 0 bridgehead atoms. The second-order valence-corrected chi connectivity index (χ2v) is 6.49. The Hall–Kier alpha value is -1.48. The first-order chi connectivity index (χ1) is 9.72. The van der Waals surface area contributed by atoms with Gasteiger partial charge in [-0.05, 0) is 38.1 Å². The molecule has 1 rings (SSSR count). The predicted octanol–water partition coefficient (Wildman–Crippen LogP) is -0.115. The quantitative estimate of drug-likeness (QED) is 0.605. The molecular formula is C13H19NO6S. The Morgan fingerprint density at radius 3 is 2.38 bits per heavy atom.